The number of fused-ring (bicyclic) bond motifs is 3. The number of methoxy groups -OCH3 is 1. The second-order valence-electron chi connectivity index (χ2n) is 8.54. The van der Waals surface area contributed by atoms with E-state index >= 15 is 0 Å². The van der Waals surface area contributed by atoms with Gasteiger partial charge in [-0.3, -0.25) is 4.79 Å². The fourth-order valence-electron chi connectivity index (χ4n) is 5.05. The van der Waals surface area contributed by atoms with Crippen LogP contribution in [0.15, 0.2) is 18.2 Å². The molecule has 1 spiro atoms. The van der Waals surface area contributed by atoms with Crippen LogP contribution in [0.4, 0.5) is 0 Å². The maximum Gasteiger partial charge on any atom is 0.305 e. The number of hydrogen-bond acceptors (Lipinski definition) is 6. The first-order valence-corrected chi connectivity index (χ1v) is 9.86. The van der Waals surface area contributed by atoms with E-state index in [-0.39, 0.29) is 29.2 Å². The van der Waals surface area contributed by atoms with Crippen molar-refractivity contribution >= 4 is 5.97 Å². The van der Waals surface area contributed by atoms with Crippen LogP contribution in [0.2, 0.25) is 0 Å². The predicted octanol–water partition coefficient (Wildman–Crippen LogP) is 2.94. The number of benzene rings is 1. The first kappa shape index (κ1) is 18.6. The summed E-state index contributed by atoms with van der Waals surface area (Å²) in [6.07, 6.45) is 4.09. The van der Waals surface area contributed by atoms with E-state index in [0.717, 1.165) is 44.5 Å². The van der Waals surface area contributed by atoms with E-state index in [1.165, 1.54) is 7.11 Å². The van der Waals surface area contributed by atoms with Crippen LogP contribution in [0.5, 0.6) is 11.5 Å². The van der Waals surface area contributed by atoms with E-state index in [9.17, 15) is 9.90 Å². The van der Waals surface area contributed by atoms with Crippen molar-refractivity contribution in [1.29, 1.82) is 0 Å². The monoisotopic (exact) mass is 375 g/mol. The van der Waals surface area contributed by atoms with Gasteiger partial charge in [-0.25, -0.2) is 0 Å². The van der Waals surface area contributed by atoms with Crippen molar-refractivity contribution in [1.82, 2.24) is 5.32 Å². The van der Waals surface area contributed by atoms with Crippen LogP contribution in [-0.2, 0) is 14.3 Å². The summed E-state index contributed by atoms with van der Waals surface area (Å²) in [6.45, 7) is 4.83. The maximum absolute atomic E-state index is 11.8. The minimum Gasteiger partial charge on any atom is -0.508 e. The van der Waals surface area contributed by atoms with E-state index in [1.54, 1.807) is 12.1 Å². The number of ether oxygens (including phenoxy) is 3. The van der Waals surface area contributed by atoms with Gasteiger partial charge >= 0.3 is 5.97 Å². The Morgan fingerprint density at radius 3 is 3.04 bits per heavy atom. The molecule has 148 valence electrons. The smallest absolute Gasteiger partial charge is 0.305 e. The number of carbonyl (C=O) groups is 1. The SMILES string of the molecule is COC(=O)CC[C@]1(C)Oc2cc(O)ccc2[C@H]2OCC3(CCCNC3)C[C@@H]21. The van der Waals surface area contributed by atoms with Gasteiger partial charge in [0.2, 0.25) is 0 Å². The summed E-state index contributed by atoms with van der Waals surface area (Å²) < 4.78 is 17.7. The van der Waals surface area contributed by atoms with Gasteiger partial charge < -0.3 is 24.6 Å². The molecule has 3 aliphatic rings. The Labute approximate surface area is 160 Å². The van der Waals surface area contributed by atoms with Crippen LogP contribution in [0, 0.1) is 11.3 Å². The number of carbonyl (C=O) groups excluding carboxylic acids is 1. The molecular formula is C21H29NO5. The van der Waals surface area contributed by atoms with E-state index < -0.39 is 5.60 Å². The predicted molar refractivity (Wildman–Crippen MR) is 99.7 cm³/mol. The summed E-state index contributed by atoms with van der Waals surface area (Å²) in [5, 5.41) is 13.4. The first-order valence-electron chi connectivity index (χ1n) is 9.86. The fourth-order valence-corrected chi connectivity index (χ4v) is 5.05. The van der Waals surface area contributed by atoms with Gasteiger partial charge in [-0.05, 0) is 51.3 Å². The molecule has 0 amide bonds. The van der Waals surface area contributed by atoms with E-state index in [2.05, 4.69) is 12.2 Å². The van der Waals surface area contributed by atoms with Gasteiger partial charge in [-0.2, -0.15) is 0 Å². The molecule has 3 aliphatic heterocycles. The third-order valence-electron chi connectivity index (χ3n) is 6.63. The first-order chi connectivity index (χ1) is 12.9. The molecule has 4 rings (SSSR count). The number of aromatic hydroxyl groups is 1. The third-order valence-corrected chi connectivity index (χ3v) is 6.63. The van der Waals surface area contributed by atoms with Crippen molar-refractivity contribution in [3.8, 4) is 11.5 Å². The number of phenols is 1. The van der Waals surface area contributed by atoms with Crippen molar-refractivity contribution < 1.29 is 24.1 Å². The molecule has 2 N–H and O–H groups in total. The van der Waals surface area contributed by atoms with Gasteiger partial charge in [-0.1, -0.05) is 0 Å². The molecule has 6 heteroatoms. The minimum atomic E-state index is -0.551. The molecule has 27 heavy (non-hydrogen) atoms. The van der Waals surface area contributed by atoms with Gasteiger partial charge in [0.1, 0.15) is 17.1 Å². The molecule has 4 atom stereocenters. The Morgan fingerprint density at radius 1 is 1.44 bits per heavy atom. The standard InChI is InChI=1S/C21H29NO5/c1-20(8-6-18(24)25-2)16-11-21(7-3-9-22-12-21)13-26-19(16)15-5-4-14(23)10-17(15)27-20/h4-5,10,16,19,22-23H,3,6-9,11-13H2,1-2H3/t16-,19+,20-,21?/m0/s1. The number of esters is 1. The van der Waals surface area contributed by atoms with Crippen molar-refractivity contribution in [3.05, 3.63) is 23.8 Å². The molecule has 0 bridgehead atoms. The second kappa shape index (κ2) is 6.99. The second-order valence-corrected chi connectivity index (χ2v) is 8.54. The number of nitrogens with one attached hydrogen (secondary N) is 1. The summed E-state index contributed by atoms with van der Waals surface area (Å²) in [5.74, 6) is 0.740. The Morgan fingerprint density at radius 2 is 2.30 bits per heavy atom. The Bertz CT molecular complexity index is 715. The Hall–Kier alpha value is -1.79. The molecule has 0 saturated carbocycles. The lowest BCUT2D eigenvalue weighted by atomic mass is 9.64. The third kappa shape index (κ3) is 3.41. The van der Waals surface area contributed by atoms with Crippen LogP contribution in [0.3, 0.4) is 0 Å². The van der Waals surface area contributed by atoms with Crippen LogP contribution in [0.1, 0.15) is 50.7 Å². The summed E-state index contributed by atoms with van der Waals surface area (Å²) in [5.41, 5.74) is 0.570. The number of piperidine rings is 1. The highest BCUT2D eigenvalue weighted by Crippen LogP contribution is 2.56. The van der Waals surface area contributed by atoms with Crippen LogP contribution in [-0.4, -0.2) is 43.5 Å². The number of phenolic OH excluding ortho intramolecular Hbond substituents is 1. The lowest BCUT2D eigenvalue weighted by Gasteiger charge is -2.54. The summed E-state index contributed by atoms with van der Waals surface area (Å²) >= 11 is 0. The van der Waals surface area contributed by atoms with Crippen molar-refractivity contribution in [3.63, 3.8) is 0 Å². The van der Waals surface area contributed by atoms with Gasteiger partial charge in [0, 0.05) is 35.9 Å². The molecule has 6 nitrogen and oxygen atoms in total. The largest absolute Gasteiger partial charge is 0.508 e. The molecule has 0 aromatic heterocycles. The number of rotatable bonds is 3. The summed E-state index contributed by atoms with van der Waals surface area (Å²) in [6, 6.07) is 5.24. The van der Waals surface area contributed by atoms with Crippen molar-refractivity contribution in [2.75, 3.05) is 26.8 Å². The van der Waals surface area contributed by atoms with Gasteiger partial charge in [0.15, 0.2) is 0 Å². The zero-order valence-corrected chi connectivity index (χ0v) is 16.1. The lowest BCUT2D eigenvalue weighted by Crippen LogP contribution is -2.56. The zero-order valence-electron chi connectivity index (χ0n) is 16.1. The van der Waals surface area contributed by atoms with E-state index in [1.807, 2.05) is 6.07 Å². The molecule has 0 aliphatic carbocycles. The Balaban J connectivity index is 1.67. The molecule has 0 radical (unpaired) electrons. The highest BCUT2D eigenvalue weighted by Gasteiger charge is 2.54. The van der Waals surface area contributed by atoms with Gasteiger partial charge in [0.25, 0.3) is 0 Å². The van der Waals surface area contributed by atoms with E-state index in [4.69, 9.17) is 14.2 Å². The lowest BCUT2D eigenvalue weighted by molar-refractivity contribution is -0.176. The summed E-state index contributed by atoms with van der Waals surface area (Å²) in [7, 11) is 1.41. The van der Waals surface area contributed by atoms with Crippen LogP contribution in [0.25, 0.3) is 0 Å². The average molecular weight is 375 g/mol. The zero-order chi connectivity index (χ0) is 19.1. The molecule has 2 saturated heterocycles. The molecule has 1 aromatic rings. The molecule has 3 heterocycles. The van der Waals surface area contributed by atoms with Crippen LogP contribution < -0.4 is 10.1 Å². The maximum atomic E-state index is 11.8. The van der Waals surface area contributed by atoms with Gasteiger partial charge in [0.05, 0.1) is 19.8 Å². The minimum absolute atomic E-state index is 0.0791. The fraction of sp³-hybridized carbons (Fsp3) is 0.667. The molecule has 2 fully saturated rings. The highest BCUT2D eigenvalue weighted by atomic mass is 16.5. The normalized spacial score (nSPS) is 35.0. The van der Waals surface area contributed by atoms with Gasteiger partial charge in [-0.15, -0.1) is 0 Å². The summed E-state index contributed by atoms with van der Waals surface area (Å²) in [4.78, 5) is 11.8. The van der Waals surface area contributed by atoms with E-state index in [0.29, 0.717) is 18.6 Å². The highest BCUT2D eigenvalue weighted by molar-refractivity contribution is 5.69. The Kier molecular flexibility index (Phi) is 4.80. The van der Waals surface area contributed by atoms with Crippen molar-refractivity contribution in [2.45, 2.75) is 50.7 Å². The quantitative estimate of drug-likeness (QED) is 0.791. The topological polar surface area (TPSA) is 77.0 Å². The number of hydrogen-bond donors (Lipinski definition) is 2. The van der Waals surface area contributed by atoms with Crippen LogP contribution >= 0.6 is 0 Å². The molecule has 1 aromatic carbocycles. The van der Waals surface area contributed by atoms with Crippen molar-refractivity contribution in [2.24, 2.45) is 11.3 Å². The molecule has 1 unspecified atom stereocenters. The average Bonchev–Trinajstić information content (AvgIpc) is 2.67. The molecular weight excluding hydrogens is 346 g/mol.